The molecule has 2 rings (SSSR count). The van der Waals surface area contributed by atoms with Crippen molar-refractivity contribution >= 4 is 22.6 Å². The van der Waals surface area contributed by atoms with Gasteiger partial charge in [-0.2, -0.15) is 0 Å². The average Bonchev–Trinajstić information content (AvgIpc) is 2.68. The molecule has 1 N–H and O–H groups in total. The Labute approximate surface area is 111 Å². The van der Waals surface area contributed by atoms with Crippen LogP contribution in [0.2, 0.25) is 5.02 Å². The van der Waals surface area contributed by atoms with E-state index in [0.717, 1.165) is 11.0 Å². The molecule has 18 heavy (non-hydrogen) atoms. The smallest absolute Gasteiger partial charge is 0.138 e. The van der Waals surface area contributed by atoms with Gasteiger partial charge in [-0.3, -0.25) is 0 Å². The summed E-state index contributed by atoms with van der Waals surface area (Å²) in [6.45, 7) is 5.63. The fourth-order valence-corrected chi connectivity index (χ4v) is 2.14. The molecule has 5 heteroatoms. The molecule has 1 atom stereocenters. The quantitative estimate of drug-likeness (QED) is 0.849. The van der Waals surface area contributed by atoms with Gasteiger partial charge in [-0.25, -0.2) is 4.98 Å². The predicted molar refractivity (Wildman–Crippen MR) is 71.9 cm³/mol. The first-order chi connectivity index (χ1) is 8.63. The van der Waals surface area contributed by atoms with Crippen LogP contribution in [0.25, 0.3) is 11.0 Å². The van der Waals surface area contributed by atoms with Gasteiger partial charge < -0.3 is 14.4 Å². The Bertz CT molecular complexity index is 537. The minimum Gasteiger partial charge on any atom is -0.385 e. The van der Waals surface area contributed by atoms with E-state index in [2.05, 4.69) is 4.98 Å². The van der Waals surface area contributed by atoms with Gasteiger partial charge in [0.2, 0.25) is 0 Å². The van der Waals surface area contributed by atoms with Gasteiger partial charge in [0.25, 0.3) is 0 Å². The lowest BCUT2D eigenvalue weighted by Gasteiger charge is -2.10. The van der Waals surface area contributed by atoms with Crippen LogP contribution in [0.4, 0.5) is 0 Å². The van der Waals surface area contributed by atoms with Crippen molar-refractivity contribution in [3.8, 4) is 0 Å². The Kier molecular flexibility index (Phi) is 4.22. The van der Waals surface area contributed by atoms with Crippen molar-refractivity contribution < 1.29 is 9.84 Å². The molecule has 1 aromatic carbocycles. The summed E-state index contributed by atoms with van der Waals surface area (Å²) in [5.41, 5.74) is 1.77. The number of fused-ring (bicyclic) bond motifs is 1. The first kappa shape index (κ1) is 13.3. The molecule has 0 aliphatic carbocycles. The van der Waals surface area contributed by atoms with Crippen LogP contribution >= 0.6 is 11.6 Å². The molecule has 1 heterocycles. The Balaban J connectivity index is 2.42. The van der Waals surface area contributed by atoms with E-state index in [4.69, 9.17) is 16.3 Å². The zero-order valence-corrected chi connectivity index (χ0v) is 11.3. The average molecular weight is 269 g/mol. The lowest BCUT2D eigenvalue weighted by molar-refractivity contribution is 0.134. The highest BCUT2D eigenvalue weighted by Gasteiger charge is 2.14. The second-order valence-electron chi connectivity index (χ2n) is 4.13. The summed E-state index contributed by atoms with van der Waals surface area (Å²) in [5.74, 6) is 0.645. The zero-order chi connectivity index (χ0) is 13.1. The number of ether oxygens (including phenoxy) is 1. The lowest BCUT2D eigenvalue weighted by Crippen LogP contribution is -2.11. The minimum atomic E-state index is -0.613. The highest BCUT2D eigenvalue weighted by atomic mass is 35.5. The van der Waals surface area contributed by atoms with E-state index in [9.17, 15) is 5.11 Å². The lowest BCUT2D eigenvalue weighted by atomic mass is 10.3. The van der Waals surface area contributed by atoms with Crippen molar-refractivity contribution in [2.45, 2.75) is 26.5 Å². The number of halogens is 1. The van der Waals surface area contributed by atoms with E-state index in [1.54, 1.807) is 13.0 Å². The molecule has 98 valence electrons. The third-order valence-corrected chi connectivity index (χ3v) is 3.01. The summed E-state index contributed by atoms with van der Waals surface area (Å²) in [6, 6.07) is 5.55. The van der Waals surface area contributed by atoms with Gasteiger partial charge in [0.1, 0.15) is 11.9 Å². The highest BCUT2D eigenvalue weighted by molar-refractivity contribution is 6.31. The summed E-state index contributed by atoms with van der Waals surface area (Å²) >= 11 is 5.95. The van der Waals surface area contributed by atoms with Crippen LogP contribution < -0.4 is 0 Å². The normalized spacial score (nSPS) is 13.1. The molecule has 0 saturated carbocycles. The second kappa shape index (κ2) is 5.69. The number of hydrogen-bond donors (Lipinski definition) is 1. The van der Waals surface area contributed by atoms with E-state index in [1.807, 2.05) is 23.6 Å². The molecular formula is C13H17ClN2O2. The molecule has 0 amide bonds. The first-order valence-electron chi connectivity index (χ1n) is 6.05. The van der Waals surface area contributed by atoms with Gasteiger partial charge in [-0.05, 0) is 32.0 Å². The fraction of sp³-hybridized carbons (Fsp3) is 0.462. The van der Waals surface area contributed by atoms with Crippen molar-refractivity contribution in [1.82, 2.24) is 9.55 Å². The number of nitrogens with zero attached hydrogens (tertiary/aromatic N) is 2. The highest BCUT2D eigenvalue weighted by Crippen LogP contribution is 2.23. The number of hydrogen-bond acceptors (Lipinski definition) is 3. The van der Waals surface area contributed by atoms with E-state index >= 15 is 0 Å². The van der Waals surface area contributed by atoms with E-state index in [1.165, 1.54) is 0 Å². The van der Waals surface area contributed by atoms with Gasteiger partial charge >= 0.3 is 0 Å². The zero-order valence-electron chi connectivity index (χ0n) is 10.6. The number of rotatable bonds is 5. The van der Waals surface area contributed by atoms with E-state index in [0.29, 0.717) is 30.6 Å². The molecule has 0 bridgehead atoms. The molecular weight excluding hydrogens is 252 g/mol. The largest absolute Gasteiger partial charge is 0.385 e. The Morgan fingerprint density at radius 2 is 2.28 bits per heavy atom. The van der Waals surface area contributed by atoms with Crippen molar-refractivity contribution in [2.24, 2.45) is 0 Å². The Morgan fingerprint density at radius 1 is 1.50 bits per heavy atom. The maximum absolute atomic E-state index is 9.77. The summed E-state index contributed by atoms with van der Waals surface area (Å²) in [6.07, 6.45) is -0.613. The Hall–Kier alpha value is -1.10. The van der Waals surface area contributed by atoms with Gasteiger partial charge in [-0.1, -0.05) is 11.6 Å². The number of aromatic nitrogens is 2. The number of benzene rings is 1. The molecule has 0 fully saturated rings. The van der Waals surface area contributed by atoms with Crippen LogP contribution in [0.15, 0.2) is 18.2 Å². The minimum absolute atomic E-state index is 0.601. The van der Waals surface area contributed by atoms with Crippen molar-refractivity contribution in [3.05, 3.63) is 29.0 Å². The summed E-state index contributed by atoms with van der Waals surface area (Å²) in [4.78, 5) is 4.42. The van der Waals surface area contributed by atoms with Gasteiger partial charge in [0.05, 0.1) is 17.6 Å². The van der Waals surface area contributed by atoms with Crippen molar-refractivity contribution in [2.75, 3.05) is 13.2 Å². The van der Waals surface area contributed by atoms with Gasteiger partial charge in [-0.15, -0.1) is 0 Å². The summed E-state index contributed by atoms with van der Waals surface area (Å²) in [7, 11) is 0. The SMILES string of the molecule is CCOCCn1c([C@@H](C)O)nc2cc(Cl)ccc21. The number of imidazole rings is 1. The molecule has 0 unspecified atom stereocenters. The standard InChI is InChI=1S/C13H17ClN2O2/c1-3-18-7-6-16-12-5-4-10(14)8-11(12)15-13(16)9(2)17/h4-5,8-9,17H,3,6-7H2,1-2H3/t9-/m1/s1. The third-order valence-electron chi connectivity index (χ3n) is 2.78. The summed E-state index contributed by atoms with van der Waals surface area (Å²) in [5, 5.41) is 10.4. The molecule has 0 radical (unpaired) electrons. The number of aliphatic hydroxyl groups excluding tert-OH is 1. The van der Waals surface area contributed by atoms with Crippen LogP contribution in [0.1, 0.15) is 25.8 Å². The Morgan fingerprint density at radius 3 is 2.94 bits per heavy atom. The predicted octanol–water partition coefficient (Wildman–Crippen LogP) is 2.78. The number of aliphatic hydroxyl groups is 1. The first-order valence-corrected chi connectivity index (χ1v) is 6.42. The second-order valence-corrected chi connectivity index (χ2v) is 4.56. The summed E-state index contributed by atoms with van der Waals surface area (Å²) < 4.78 is 7.34. The molecule has 1 aromatic heterocycles. The van der Waals surface area contributed by atoms with E-state index in [-0.39, 0.29) is 0 Å². The molecule has 0 aliphatic rings. The van der Waals surface area contributed by atoms with Crippen molar-refractivity contribution in [3.63, 3.8) is 0 Å². The molecule has 2 aromatic rings. The molecule has 0 spiro atoms. The van der Waals surface area contributed by atoms with Crippen LogP contribution in [-0.4, -0.2) is 27.9 Å². The van der Waals surface area contributed by atoms with Crippen LogP contribution in [-0.2, 0) is 11.3 Å². The maximum Gasteiger partial charge on any atom is 0.138 e. The molecule has 0 saturated heterocycles. The van der Waals surface area contributed by atoms with Crippen LogP contribution in [0.5, 0.6) is 0 Å². The third kappa shape index (κ3) is 2.66. The maximum atomic E-state index is 9.77. The molecule has 0 aliphatic heterocycles. The van der Waals surface area contributed by atoms with Gasteiger partial charge in [0.15, 0.2) is 0 Å². The fourth-order valence-electron chi connectivity index (χ4n) is 1.98. The topological polar surface area (TPSA) is 47.3 Å². The molecule has 4 nitrogen and oxygen atoms in total. The van der Waals surface area contributed by atoms with Crippen molar-refractivity contribution in [1.29, 1.82) is 0 Å². The monoisotopic (exact) mass is 268 g/mol. The van der Waals surface area contributed by atoms with Crippen LogP contribution in [0, 0.1) is 0 Å². The van der Waals surface area contributed by atoms with E-state index < -0.39 is 6.10 Å². The van der Waals surface area contributed by atoms with Crippen LogP contribution in [0.3, 0.4) is 0 Å². The van der Waals surface area contributed by atoms with Gasteiger partial charge in [0, 0.05) is 18.2 Å².